The van der Waals surface area contributed by atoms with Gasteiger partial charge < -0.3 is 21.5 Å². The van der Waals surface area contributed by atoms with Gasteiger partial charge in [-0.25, -0.2) is 4.79 Å². The minimum atomic E-state index is -0.562. The third kappa shape index (κ3) is 4.46. The first-order valence-electron chi connectivity index (χ1n) is 6.38. The topological polar surface area (TPSA) is 107 Å². The third-order valence-corrected chi connectivity index (χ3v) is 2.65. The van der Waals surface area contributed by atoms with Crippen LogP contribution in [0.5, 0.6) is 0 Å². The lowest BCUT2D eigenvalue weighted by Crippen LogP contribution is -2.36. The number of hydrogen-bond donors (Lipinski definition) is 3. The molecule has 0 aliphatic rings. The highest BCUT2D eigenvalue weighted by molar-refractivity contribution is 5.92. The first kappa shape index (κ1) is 15.8. The van der Waals surface area contributed by atoms with E-state index < -0.39 is 17.4 Å². The molecule has 0 aliphatic heterocycles. The lowest BCUT2D eigenvalue weighted by Gasteiger charge is -2.27. The number of nitrogens with two attached hydrogens (primary N) is 2. The van der Waals surface area contributed by atoms with E-state index in [2.05, 4.69) is 5.32 Å². The van der Waals surface area contributed by atoms with Gasteiger partial charge in [0.25, 0.3) is 0 Å². The minimum absolute atomic E-state index is 0.149. The Morgan fingerprint density at radius 2 is 2.00 bits per heavy atom. The van der Waals surface area contributed by atoms with Crippen molar-refractivity contribution in [3.05, 3.63) is 23.8 Å². The molecule has 0 bridgehead atoms. The summed E-state index contributed by atoms with van der Waals surface area (Å²) in [4.78, 5) is 22.7. The van der Waals surface area contributed by atoms with Crippen molar-refractivity contribution < 1.29 is 14.3 Å². The number of ether oxygens (including phenoxy) is 1. The first-order chi connectivity index (χ1) is 9.25. The van der Waals surface area contributed by atoms with Crippen LogP contribution >= 0.6 is 0 Å². The Morgan fingerprint density at radius 3 is 2.55 bits per heavy atom. The monoisotopic (exact) mass is 279 g/mol. The maximum Gasteiger partial charge on any atom is 0.338 e. The second kappa shape index (κ2) is 6.27. The number of esters is 1. The van der Waals surface area contributed by atoms with Crippen LogP contribution in [0.15, 0.2) is 18.2 Å². The second-order valence-electron chi connectivity index (χ2n) is 5.17. The van der Waals surface area contributed by atoms with E-state index in [-0.39, 0.29) is 6.42 Å². The van der Waals surface area contributed by atoms with E-state index in [1.54, 1.807) is 25.1 Å². The molecule has 0 unspecified atom stereocenters. The van der Waals surface area contributed by atoms with Gasteiger partial charge in [-0.3, -0.25) is 4.79 Å². The number of nitrogens with one attached hydrogen (secondary N) is 1. The Labute approximate surface area is 118 Å². The molecule has 1 amide bonds. The molecule has 5 N–H and O–H groups in total. The number of anilines is 2. The van der Waals surface area contributed by atoms with Crippen LogP contribution in [-0.2, 0) is 9.53 Å². The van der Waals surface area contributed by atoms with Crippen molar-refractivity contribution in [2.45, 2.75) is 32.7 Å². The quantitative estimate of drug-likeness (QED) is 0.540. The van der Waals surface area contributed by atoms with Gasteiger partial charge in [-0.1, -0.05) is 0 Å². The summed E-state index contributed by atoms with van der Waals surface area (Å²) >= 11 is 0. The van der Waals surface area contributed by atoms with Gasteiger partial charge in [-0.2, -0.15) is 0 Å². The summed E-state index contributed by atoms with van der Waals surface area (Å²) in [5.41, 5.74) is 12.0. The van der Waals surface area contributed by atoms with Gasteiger partial charge in [0, 0.05) is 12.0 Å². The molecule has 0 radical (unpaired) electrons. The molecule has 6 nitrogen and oxygen atoms in total. The van der Waals surface area contributed by atoms with Crippen LogP contribution < -0.4 is 16.8 Å². The predicted molar refractivity (Wildman–Crippen MR) is 78.3 cm³/mol. The van der Waals surface area contributed by atoms with Crippen LogP contribution in [0.4, 0.5) is 11.4 Å². The van der Waals surface area contributed by atoms with Crippen molar-refractivity contribution >= 4 is 23.3 Å². The highest BCUT2D eigenvalue weighted by Crippen LogP contribution is 2.25. The number of amides is 1. The van der Waals surface area contributed by atoms with Gasteiger partial charge >= 0.3 is 5.97 Å². The molecule has 0 atom stereocenters. The fourth-order valence-electron chi connectivity index (χ4n) is 1.85. The van der Waals surface area contributed by atoms with E-state index in [1.807, 2.05) is 13.8 Å². The Morgan fingerprint density at radius 1 is 1.35 bits per heavy atom. The zero-order chi connectivity index (χ0) is 15.3. The van der Waals surface area contributed by atoms with E-state index in [9.17, 15) is 9.59 Å². The second-order valence-corrected chi connectivity index (χ2v) is 5.17. The van der Waals surface area contributed by atoms with Crippen molar-refractivity contribution in [3.8, 4) is 0 Å². The maximum atomic E-state index is 11.7. The average Bonchev–Trinajstić information content (AvgIpc) is 2.30. The van der Waals surface area contributed by atoms with E-state index in [1.165, 1.54) is 0 Å². The molecule has 0 saturated carbocycles. The summed E-state index contributed by atoms with van der Waals surface area (Å²) < 4.78 is 4.94. The first-order valence-corrected chi connectivity index (χ1v) is 6.38. The molecule has 0 fully saturated rings. The normalized spacial score (nSPS) is 10.9. The molecule has 20 heavy (non-hydrogen) atoms. The molecule has 6 heteroatoms. The molecule has 0 aliphatic carbocycles. The summed E-state index contributed by atoms with van der Waals surface area (Å²) in [6.45, 7) is 5.70. The average molecular weight is 279 g/mol. The van der Waals surface area contributed by atoms with Crippen LogP contribution in [0.25, 0.3) is 0 Å². The Bertz CT molecular complexity index is 512. The molecular formula is C14H21N3O3. The SMILES string of the molecule is CCOC(=O)c1ccc(N)c(NC(C)(C)CC(N)=O)c1. The van der Waals surface area contributed by atoms with Crippen molar-refractivity contribution in [1.82, 2.24) is 0 Å². The largest absolute Gasteiger partial charge is 0.462 e. The fourth-order valence-corrected chi connectivity index (χ4v) is 1.85. The summed E-state index contributed by atoms with van der Waals surface area (Å²) in [5.74, 6) is -0.828. The summed E-state index contributed by atoms with van der Waals surface area (Å²) in [6, 6.07) is 4.82. The summed E-state index contributed by atoms with van der Waals surface area (Å²) in [6.07, 6.45) is 0.149. The zero-order valence-electron chi connectivity index (χ0n) is 12.0. The van der Waals surface area contributed by atoms with E-state index in [0.29, 0.717) is 23.5 Å². The van der Waals surface area contributed by atoms with E-state index >= 15 is 0 Å². The van der Waals surface area contributed by atoms with Crippen LogP contribution in [0.3, 0.4) is 0 Å². The Hall–Kier alpha value is -2.24. The van der Waals surface area contributed by atoms with E-state index in [4.69, 9.17) is 16.2 Å². The Kier molecular flexibility index (Phi) is 4.96. The van der Waals surface area contributed by atoms with Gasteiger partial charge in [0.1, 0.15) is 0 Å². The molecule has 1 aromatic rings. The van der Waals surface area contributed by atoms with Crippen LogP contribution in [-0.4, -0.2) is 24.0 Å². The molecule has 0 spiro atoms. The van der Waals surface area contributed by atoms with Gasteiger partial charge in [0.2, 0.25) is 5.91 Å². The number of carbonyl (C=O) groups is 2. The molecule has 0 heterocycles. The van der Waals surface area contributed by atoms with Gasteiger partial charge in [-0.05, 0) is 39.0 Å². The lowest BCUT2D eigenvalue weighted by molar-refractivity contribution is -0.118. The van der Waals surface area contributed by atoms with Crippen LogP contribution in [0, 0.1) is 0 Å². The van der Waals surface area contributed by atoms with Gasteiger partial charge in [0.05, 0.1) is 23.5 Å². The van der Waals surface area contributed by atoms with Crippen LogP contribution in [0.1, 0.15) is 37.6 Å². The Balaban J connectivity index is 2.97. The molecule has 0 saturated heterocycles. The minimum Gasteiger partial charge on any atom is -0.462 e. The molecule has 110 valence electrons. The third-order valence-electron chi connectivity index (χ3n) is 2.65. The van der Waals surface area contributed by atoms with Crippen molar-refractivity contribution in [3.63, 3.8) is 0 Å². The number of benzene rings is 1. The number of rotatable bonds is 6. The van der Waals surface area contributed by atoms with Gasteiger partial charge in [0.15, 0.2) is 0 Å². The van der Waals surface area contributed by atoms with Crippen molar-refractivity contribution in [2.24, 2.45) is 5.73 Å². The maximum absolute atomic E-state index is 11.7. The molecular weight excluding hydrogens is 258 g/mol. The van der Waals surface area contributed by atoms with Crippen molar-refractivity contribution in [2.75, 3.05) is 17.7 Å². The number of nitrogen functional groups attached to an aromatic ring is 1. The molecule has 1 rings (SSSR count). The summed E-state index contributed by atoms with van der Waals surface area (Å²) in [7, 11) is 0. The standard InChI is InChI=1S/C14H21N3O3/c1-4-20-13(19)9-5-6-10(15)11(7-9)17-14(2,3)8-12(16)18/h5-7,17H,4,8,15H2,1-3H3,(H2,16,18). The smallest absolute Gasteiger partial charge is 0.338 e. The zero-order valence-corrected chi connectivity index (χ0v) is 12.0. The highest BCUT2D eigenvalue weighted by atomic mass is 16.5. The number of carbonyl (C=O) groups excluding carboxylic acids is 2. The summed E-state index contributed by atoms with van der Waals surface area (Å²) in [5, 5.41) is 3.12. The lowest BCUT2D eigenvalue weighted by atomic mass is 9.99. The van der Waals surface area contributed by atoms with Gasteiger partial charge in [-0.15, -0.1) is 0 Å². The predicted octanol–water partition coefficient (Wildman–Crippen LogP) is 1.51. The number of hydrogen-bond acceptors (Lipinski definition) is 5. The molecule has 1 aromatic carbocycles. The van der Waals surface area contributed by atoms with E-state index in [0.717, 1.165) is 0 Å². The van der Waals surface area contributed by atoms with Crippen LogP contribution in [0.2, 0.25) is 0 Å². The highest BCUT2D eigenvalue weighted by Gasteiger charge is 2.21. The molecule has 0 aromatic heterocycles. The fraction of sp³-hybridized carbons (Fsp3) is 0.429. The van der Waals surface area contributed by atoms with Crippen molar-refractivity contribution in [1.29, 1.82) is 0 Å². The number of primary amides is 1.